The van der Waals surface area contributed by atoms with Crippen LogP contribution in [0.15, 0.2) is 0 Å². The van der Waals surface area contributed by atoms with E-state index in [9.17, 15) is 0 Å². The van der Waals surface area contributed by atoms with E-state index in [1.54, 1.807) is 0 Å². The van der Waals surface area contributed by atoms with Gasteiger partial charge in [-0.05, 0) is 6.42 Å². The van der Waals surface area contributed by atoms with Gasteiger partial charge in [-0.15, -0.1) is 0 Å². The maximum absolute atomic E-state index is 2.61. The molecule has 2 nitrogen and oxygen atoms in total. The molecule has 2 heteroatoms. The molecular weight excluding hydrogens is 112 g/mol. The Kier molecular flexibility index (Phi) is 1.44. The van der Waals surface area contributed by atoms with Gasteiger partial charge in [0.15, 0.2) is 0 Å². The van der Waals surface area contributed by atoms with E-state index in [4.69, 9.17) is 0 Å². The smallest absolute Gasteiger partial charge is 0.142 e. The van der Waals surface area contributed by atoms with Gasteiger partial charge in [0.1, 0.15) is 6.17 Å². The van der Waals surface area contributed by atoms with E-state index in [1.807, 2.05) is 0 Å². The molecule has 0 aromatic heterocycles. The Bertz CT molecular complexity index is 91.1. The highest BCUT2D eigenvalue weighted by Gasteiger charge is 2.29. The van der Waals surface area contributed by atoms with E-state index in [0.717, 1.165) is 6.17 Å². The van der Waals surface area contributed by atoms with Crippen LogP contribution in [0.2, 0.25) is 0 Å². The molecule has 9 heavy (non-hydrogen) atoms. The fourth-order valence-electron chi connectivity index (χ4n) is 2.00. The average Bonchev–Trinajstić information content (AvgIpc) is 2.33. The lowest BCUT2D eigenvalue weighted by Gasteiger charge is -2.26. The van der Waals surface area contributed by atoms with E-state index < -0.39 is 0 Å². The third kappa shape index (κ3) is 0.970. The molecular formula is C7H15N2+. The van der Waals surface area contributed by atoms with Crippen molar-refractivity contribution in [1.82, 2.24) is 4.90 Å². The topological polar surface area (TPSA) is 19.9 Å². The van der Waals surface area contributed by atoms with Gasteiger partial charge in [0.05, 0.1) is 6.54 Å². The minimum absolute atomic E-state index is 0.874. The largest absolute Gasteiger partial charge is 0.331 e. The standard InChI is InChI=1S/C7H14N2/c1-3-7-8-4-2-6-9(7)5-1/h7-8H,1-6H2/p+1. The maximum Gasteiger partial charge on any atom is 0.142 e. The number of nitrogens with two attached hydrogens (primary N) is 1. The summed E-state index contributed by atoms with van der Waals surface area (Å²) in [4.78, 5) is 2.61. The van der Waals surface area contributed by atoms with Gasteiger partial charge in [0.25, 0.3) is 0 Å². The minimum Gasteiger partial charge on any atom is -0.331 e. The summed E-state index contributed by atoms with van der Waals surface area (Å²) in [5.74, 6) is 0. The summed E-state index contributed by atoms with van der Waals surface area (Å²) in [6.45, 7) is 4.09. The van der Waals surface area contributed by atoms with Crippen LogP contribution in [0.4, 0.5) is 0 Å². The van der Waals surface area contributed by atoms with Crippen molar-refractivity contribution >= 4 is 0 Å². The molecule has 0 spiro atoms. The maximum atomic E-state index is 2.61. The average molecular weight is 127 g/mol. The monoisotopic (exact) mass is 127 g/mol. The highest BCUT2D eigenvalue weighted by atomic mass is 15.3. The molecule has 2 fully saturated rings. The first-order chi connectivity index (χ1) is 4.47. The second kappa shape index (κ2) is 2.27. The summed E-state index contributed by atoms with van der Waals surface area (Å²) in [6.07, 6.45) is 5.14. The van der Waals surface area contributed by atoms with Crippen LogP contribution in [-0.4, -0.2) is 30.7 Å². The Labute approximate surface area is 56.2 Å². The van der Waals surface area contributed by atoms with Crippen LogP contribution in [0.5, 0.6) is 0 Å². The quantitative estimate of drug-likeness (QED) is 0.459. The van der Waals surface area contributed by atoms with Crippen LogP contribution in [0.1, 0.15) is 19.3 Å². The molecule has 2 aliphatic rings. The van der Waals surface area contributed by atoms with Crippen molar-refractivity contribution in [3.05, 3.63) is 0 Å². The van der Waals surface area contributed by atoms with Crippen molar-refractivity contribution in [3.8, 4) is 0 Å². The van der Waals surface area contributed by atoms with Crippen LogP contribution in [-0.2, 0) is 0 Å². The number of fused-ring (bicyclic) bond motifs is 1. The van der Waals surface area contributed by atoms with Crippen molar-refractivity contribution in [3.63, 3.8) is 0 Å². The summed E-state index contributed by atoms with van der Waals surface area (Å²) < 4.78 is 0. The van der Waals surface area contributed by atoms with Crippen molar-refractivity contribution < 1.29 is 5.32 Å². The molecule has 0 radical (unpaired) electrons. The normalized spacial score (nSPS) is 36.7. The van der Waals surface area contributed by atoms with Crippen LogP contribution in [0.3, 0.4) is 0 Å². The van der Waals surface area contributed by atoms with Crippen LogP contribution in [0, 0.1) is 0 Å². The van der Waals surface area contributed by atoms with Gasteiger partial charge in [0, 0.05) is 25.9 Å². The zero-order valence-electron chi connectivity index (χ0n) is 5.84. The third-order valence-corrected chi connectivity index (χ3v) is 2.50. The van der Waals surface area contributed by atoms with Gasteiger partial charge in [-0.2, -0.15) is 0 Å². The molecule has 0 saturated carbocycles. The molecule has 0 amide bonds. The molecule has 52 valence electrons. The first-order valence-corrected chi connectivity index (χ1v) is 4.04. The summed E-state index contributed by atoms with van der Waals surface area (Å²) in [5.41, 5.74) is 0. The predicted octanol–water partition coefficient (Wildman–Crippen LogP) is -0.625. The Hall–Kier alpha value is -0.0800. The predicted molar refractivity (Wildman–Crippen MR) is 36.0 cm³/mol. The Morgan fingerprint density at radius 1 is 1.22 bits per heavy atom. The molecule has 2 N–H and O–H groups in total. The Morgan fingerprint density at radius 2 is 2.11 bits per heavy atom. The number of quaternary nitrogens is 1. The molecule has 1 atom stereocenters. The highest BCUT2D eigenvalue weighted by Crippen LogP contribution is 2.13. The van der Waals surface area contributed by atoms with Crippen molar-refractivity contribution in [2.24, 2.45) is 0 Å². The van der Waals surface area contributed by atoms with Crippen LogP contribution in [0.25, 0.3) is 0 Å². The molecule has 2 heterocycles. The van der Waals surface area contributed by atoms with E-state index in [1.165, 1.54) is 38.9 Å². The Morgan fingerprint density at radius 3 is 3.00 bits per heavy atom. The zero-order chi connectivity index (χ0) is 6.10. The number of hydrogen-bond donors (Lipinski definition) is 1. The van der Waals surface area contributed by atoms with E-state index in [-0.39, 0.29) is 0 Å². The van der Waals surface area contributed by atoms with Crippen molar-refractivity contribution in [2.45, 2.75) is 25.4 Å². The molecule has 0 aromatic carbocycles. The van der Waals surface area contributed by atoms with Gasteiger partial charge in [-0.3, -0.25) is 4.90 Å². The second-order valence-electron chi connectivity index (χ2n) is 3.12. The van der Waals surface area contributed by atoms with Gasteiger partial charge >= 0.3 is 0 Å². The lowest BCUT2D eigenvalue weighted by molar-refractivity contribution is -0.715. The van der Waals surface area contributed by atoms with Crippen LogP contribution >= 0.6 is 0 Å². The molecule has 2 rings (SSSR count). The van der Waals surface area contributed by atoms with Gasteiger partial charge < -0.3 is 5.32 Å². The van der Waals surface area contributed by atoms with E-state index in [2.05, 4.69) is 10.2 Å². The van der Waals surface area contributed by atoms with Crippen molar-refractivity contribution in [1.29, 1.82) is 0 Å². The minimum atomic E-state index is 0.874. The summed E-state index contributed by atoms with van der Waals surface area (Å²) >= 11 is 0. The third-order valence-electron chi connectivity index (χ3n) is 2.50. The Balaban J connectivity index is 1.97. The number of nitrogens with zero attached hydrogens (tertiary/aromatic N) is 1. The van der Waals surface area contributed by atoms with E-state index >= 15 is 0 Å². The molecule has 2 aliphatic heterocycles. The van der Waals surface area contributed by atoms with Gasteiger partial charge in [-0.1, -0.05) is 0 Å². The molecule has 0 bridgehead atoms. The summed E-state index contributed by atoms with van der Waals surface area (Å²) in [6, 6.07) is 0. The fourth-order valence-corrected chi connectivity index (χ4v) is 2.00. The number of hydrogen-bond acceptors (Lipinski definition) is 1. The fraction of sp³-hybridized carbons (Fsp3) is 1.00. The molecule has 0 aromatic rings. The lowest BCUT2D eigenvalue weighted by Crippen LogP contribution is -2.94. The lowest BCUT2D eigenvalue weighted by atomic mass is 10.2. The first-order valence-electron chi connectivity index (χ1n) is 4.04. The number of rotatable bonds is 0. The molecule has 2 saturated heterocycles. The van der Waals surface area contributed by atoms with Gasteiger partial charge in [0.2, 0.25) is 0 Å². The van der Waals surface area contributed by atoms with Gasteiger partial charge in [-0.25, -0.2) is 0 Å². The molecule has 0 aliphatic carbocycles. The zero-order valence-corrected chi connectivity index (χ0v) is 5.84. The first kappa shape index (κ1) is 5.69. The molecule has 1 unspecified atom stereocenters. The highest BCUT2D eigenvalue weighted by molar-refractivity contribution is 4.71. The van der Waals surface area contributed by atoms with E-state index in [0.29, 0.717) is 0 Å². The summed E-state index contributed by atoms with van der Waals surface area (Å²) in [7, 11) is 0. The van der Waals surface area contributed by atoms with Crippen molar-refractivity contribution in [2.75, 3.05) is 19.6 Å². The SMILES string of the molecule is C1C[NH2+]C2CCCN2C1. The van der Waals surface area contributed by atoms with Crippen LogP contribution < -0.4 is 5.32 Å². The summed E-state index contributed by atoms with van der Waals surface area (Å²) in [5, 5.41) is 2.50. The second-order valence-corrected chi connectivity index (χ2v) is 3.12.